The Morgan fingerprint density at radius 2 is 2.09 bits per heavy atom. The van der Waals surface area contributed by atoms with E-state index in [0.717, 1.165) is 37.0 Å². The van der Waals surface area contributed by atoms with Crippen molar-refractivity contribution < 1.29 is 5.11 Å². The molecule has 3 fully saturated rings. The molecule has 4 aliphatic rings. The second kappa shape index (κ2) is 5.00. The van der Waals surface area contributed by atoms with Crippen molar-refractivity contribution in [3.63, 3.8) is 0 Å². The molecule has 4 aliphatic carbocycles. The van der Waals surface area contributed by atoms with Gasteiger partial charge in [-0.1, -0.05) is 43.6 Å². The molecule has 0 aromatic heterocycles. The standard InChI is InChI=1S/C22H30O/c1-5-22(23)11-9-19-20-15(3)13-16-12-14(2)6-7-17(16)18(20)8-10-21(19,22)4/h1,12,15,17-20,23H,2,6-11,13H2,3-4H3/t15-,17+,18-,19+,20-,21+,22+/m1/s1. The minimum Gasteiger partial charge on any atom is -0.377 e. The summed E-state index contributed by atoms with van der Waals surface area (Å²) in [6.45, 7) is 8.91. The molecule has 1 N–H and O–H groups in total. The number of hydrogen-bond acceptors (Lipinski definition) is 1. The van der Waals surface area contributed by atoms with Crippen LogP contribution < -0.4 is 0 Å². The molecule has 4 rings (SSSR count). The van der Waals surface area contributed by atoms with Gasteiger partial charge in [0.15, 0.2) is 0 Å². The van der Waals surface area contributed by atoms with Crippen LogP contribution >= 0.6 is 0 Å². The van der Waals surface area contributed by atoms with Gasteiger partial charge in [-0.2, -0.15) is 0 Å². The topological polar surface area (TPSA) is 20.2 Å². The quantitative estimate of drug-likeness (QED) is 0.642. The van der Waals surface area contributed by atoms with Crippen LogP contribution in [0.2, 0.25) is 0 Å². The molecular weight excluding hydrogens is 280 g/mol. The van der Waals surface area contributed by atoms with Gasteiger partial charge in [0.2, 0.25) is 0 Å². The van der Waals surface area contributed by atoms with Gasteiger partial charge in [-0.25, -0.2) is 0 Å². The van der Waals surface area contributed by atoms with Gasteiger partial charge in [0.25, 0.3) is 0 Å². The van der Waals surface area contributed by atoms with E-state index >= 15 is 0 Å². The molecule has 0 amide bonds. The summed E-state index contributed by atoms with van der Waals surface area (Å²) < 4.78 is 0. The fraction of sp³-hybridized carbons (Fsp3) is 0.727. The summed E-state index contributed by atoms with van der Waals surface area (Å²) in [5, 5.41) is 11.0. The third-order valence-corrected chi connectivity index (χ3v) is 8.15. The van der Waals surface area contributed by atoms with Crippen molar-refractivity contribution in [2.24, 2.45) is 35.0 Å². The zero-order valence-corrected chi connectivity index (χ0v) is 14.6. The van der Waals surface area contributed by atoms with E-state index in [1.165, 1.54) is 31.3 Å². The maximum atomic E-state index is 11.0. The summed E-state index contributed by atoms with van der Waals surface area (Å²) in [6.07, 6.45) is 16.1. The summed E-state index contributed by atoms with van der Waals surface area (Å²) in [7, 11) is 0. The zero-order valence-electron chi connectivity index (χ0n) is 14.6. The molecule has 0 spiro atoms. The molecule has 124 valence electrons. The van der Waals surface area contributed by atoms with E-state index in [1.54, 1.807) is 5.57 Å². The first kappa shape index (κ1) is 15.5. The maximum Gasteiger partial charge on any atom is 0.130 e. The van der Waals surface area contributed by atoms with Crippen LogP contribution in [0.4, 0.5) is 0 Å². The van der Waals surface area contributed by atoms with E-state index in [-0.39, 0.29) is 5.41 Å². The SMILES string of the molecule is C#C[C@]1(O)CC[C@H]2[C@H]3[C@H](CC[C@@]21C)[C@H]1CCC(=C)C=C1C[C@H]3C. The molecule has 0 radical (unpaired) electrons. The Balaban J connectivity index is 1.70. The highest BCUT2D eigenvalue weighted by Gasteiger charge is 2.62. The molecule has 1 nitrogen and oxygen atoms in total. The highest BCUT2D eigenvalue weighted by molar-refractivity contribution is 5.31. The van der Waals surface area contributed by atoms with Crippen molar-refractivity contribution in [1.29, 1.82) is 0 Å². The summed E-state index contributed by atoms with van der Waals surface area (Å²) in [5.74, 6) is 6.40. The van der Waals surface area contributed by atoms with E-state index < -0.39 is 5.60 Å². The van der Waals surface area contributed by atoms with Gasteiger partial charge in [-0.05, 0) is 74.5 Å². The highest BCUT2D eigenvalue weighted by atomic mass is 16.3. The van der Waals surface area contributed by atoms with Crippen LogP contribution in [0.3, 0.4) is 0 Å². The van der Waals surface area contributed by atoms with Crippen LogP contribution in [0, 0.1) is 47.3 Å². The smallest absolute Gasteiger partial charge is 0.130 e. The molecule has 3 saturated carbocycles. The number of fused-ring (bicyclic) bond motifs is 5. The first-order valence-corrected chi connectivity index (χ1v) is 9.48. The molecule has 0 heterocycles. The molecule has 0 aliphatic heterocycles. The third kappa shape index (κ3) is 1.97. The van der Waals surface area contributed by atoms with Gasteiger partial charge in [0.1, 0.15) is 5.60 Å². The van der Waals surface area contributed by atoms with E-state index in [2.05, 4.69) is 32.4 Å². The number of allylic oxidation sites excluding steroid dienone is 3. The molecular formula is C22H30O. The van der Waals surface area contributed by atoms with Crippen LogP contribution in [0.1, 0.15) is 58.8 Å². The van der Waals surface area contributed by atoms with Gasteiger partial charge in [-0.3, -0.25) is 0 Å². The predicted octanol–water partition coefficient (Wildman–Crippen LogP) is 4.73. The van der Waals surface area contributed by atoms with Crippen LogP contribution in [0.15, 0.2) is 23.8 Å². The Bertz CT molecular complexity index is 608. The molecule has 23 heavy (non-hydrogen) atoms. The van der Waals surface area contributed by atoms with Crippen LogP contribution in [-0.4, -0.2) is 10.7 Å². The fourth-order valence-corrected chi connectivity index (χ4v) is 6.94. The van der Waals surface area contributed by atoms with Crippen molar-refractivity contribution in [2.45, 2.75) is 64.4 Å². The number of hydrogen-bond donors (Lipinski definition) is 1. The van der Waals surface area contributed by atoms with E-state index in [1.807, 2.05) is 0 Å². The second-order valence-corrected chi connectivity index (χ2v) is 9.05. The van der Waals surface area contributed by atoms with E-state index in [0.29, 0.717) is 11.8 Å². The average molecular weight is 310 g/mol. The minimum absolute atomic E-state index is 0.0728. The van der Waals surface area contributed by atoms with Gasteiger partial charge in [0, 0.05) is 5.41 Å². The Hall–Kier alpha value is -1.00. The Morgan fingerprint density at radius 1 is 1.30 bits per heavy atom. The van der Waals surface area contributed by atoms with Crippen molar-refractivity contribution >= 4 is 0 Å². The third-order valence-electron chi connectivity index (χ3n) is 8.15. The maximum absolute atomic E-state index is 11.0. The van der Waals surface area contributed by atoms with Crippen molar-refractivity contribution in [1.82, 2.24) is 0 Å². The van der Waals surface area contributed by atoms with Crippen LogP contribution in [0.5, 0.6) is 0 Å². The summed E-state index contributed by atoms with van der Waals surface area (Å²) >= 11 is 0. The summed E-state index contributed by atoms with van der Waals surface area (Å²) in [4.78, 5) is 0. The second-order valence-electron chi connectivity index (χ2n) is 9.05. The largest absolute Gasteiger partial charge is 0.377 e. The number of rotatable bonds is 0. The van der Waals surface area contributed by atoms with E-state index in [9.17, 15) is 5.11 Å². The van der Waals surface area contributed by atoms with Crippen molar-refractivity contribution in [3.8, 4) is 12.3 Å². The average Bonchev–Trinajstić information content (AvgIpc) is 2.79. The Morgan fingerprint density at radius 3 is 2.83 bits per heavy atom. The van der Waals surface area contributed by atoms with Crippen LogP contribution in [-0.2, 0) is 0 Å². The molecule has 0 aromatic carbocycles. The molecule has 0 bridgehead atoms. The van der Waals surface area contributed by atoms with Crippen molar-refractivity contribution in [3.05, 3.63) is 23.8 Å². The van der Waals surface area contributed by atoms with E-state index in [4.69, 9.17) is 6.42 Å². The van der Waals surface area contributed by atoms with Crippen LogP contribution in [0.25, 0.3) is 0 Å². The number of aliphatic hydroxyl groups is 1. The fourth-order valence-electron chi connectivity index (χ4n) is 6.94. The first-order chi connectivity index (χ1) is 10.9. The number of terminal acetylenes is 1. The Labute approximate surface area is 141 Å². The normalized spacial score (nSPS) is 52.0. The minimum atomic E-state index is -0.876. The Kier molecular flexibility index (Phi) is 3.37. The molecule has 7 atom stereocenters. The monoisotopic (exact) mass is 310 g/mol. The molecule has 0 saturated heterocycles. The lowest BCUT2D eigenvalue weighted by Crippen LogP contribution is -2.53. The van der Waals surface area contributed by atoms with Gasteiger partial charge in [0.05, 0.1) is 0 Å². The summed E-state index contributed by atoms with van der Waals surface area (Å²) in [5.41, 5.74) is 2.05. The molecule has 0 unspecified atom stereocenters. The van der Waals surface area contributed by atoms with Gasteiger partial charge >= 0.3 is 0 Å². The summed E-state index contributed by atoms with van der Waals surface area (Å²) in [6, 6.07) is 0. The zero-order chi connectivity index (χ0) is 16.4. The van der Waals surface area contributed by atoms with Gasteiger partial charge in [-0.15, -0.1) is 6.42 Å². The van der Waals surface area contributed by atoms with Crippen molar-refractivity contribution in [2.75, 3.05) is 0 Å². The molecule has 1 heteroatoms. The lowest BCUT2D eigenvalue weighted by molar-refractivity contribution is -0.0977. The highest BCUT2D eigenvalue weighted by Crippen LogP contribution is 2.65. The lowest BCUT2D eigenvalue weighted by atomic mass is 9.48. The molecule has 0 aromatic rings. The lowest BCUT2D eigenvalue weighted by Gasteiger charge is -2.57. The predicted molar refractivity (Wildman–Crippen MR) is 94.6 cm³/mol. The van der Waals surface area contributed by atoms with Gasteiger partial charge < -0.3 is 5.11 Å². The first-order valence-electron chi connectivity index (χ1n) is 9.48.